The maximum atomic E-state index is 13.6. The number of amides is 1. The van der Waals surface area contributed by atoms with Crippen LogP contribution in [0.15, 0.2) is 12.1 Å². The van der Waals surface area contributed by atoms with Crippen LogP contribution in [0.3, 0.4) is 0 Å². The minimum atomic E-state index is -4.74. The maximum absolute atomic E-state index is 13.6. The van der Waals surface area contributed by atoms with Crippen LogP contribution in [-0.2, 0) is 17.5 Å². The molecular formula is C20H26ClF3N2O4. The molecule has 1 amide bonds. The largest absolute Gasteiger partial charge is 0.478 e. The first-order valence-electron chi connectivity index (χ1n) is 9.50. The molecule has 1 aliphatic heterocycles. The molecule has 0 bridgehead atoms. The highest BCUT2D eigenvalue weighted by atomic mass is 35.5. The first kappa shape index (κ1) is 24.3. The number of piperidine rings is 1. The maximum Gasteiger partial charge on any atom is 0.416 e. The monoisotopic (exact) mass is 450 g/mol. The van der Waals surface area contributed by atoms with E-state index in [0.717, 1.165) is 6.07 Å². The van der Waals surface area contributed by atoms with Crippen molar-refractivity contribution in [3.63, 3.8) is 0 Å². The highest BCUT2D eigenvalue weighted by Crippen LogP contribution is 2.37. The smallest absolute Gasteiger partial charge is 0.416 e. The van der Waals surface area contributed by atoms with Gasteiger partial charge in [-0.15, -0.1) is 0 Å². The minimum absolute atomic E-state index is 0.105. The number of halogens is 4. The molecular weight excluding hydrogens is 425 g/mol. The lowest BCUT2D eigenvalue weighted by atomic mass is 10.00. The van der Waals surface area contributed by atoms with Gasteiger partial charge in [0.2, 0.25) is 0 Å². The predicted molar refractivity (Wildman–Crippen MR) is 106 cm³/mol. The molecule has 1 fully saturated rings. The molecule has 1 aliphatic rings. The summed E-state index contributed by atoms with van der Waals surface area (Å²) in [7, 11) is 1.61. The molecule has 6 nitrogen and oxygen atoms in total. The summed E-state index contributed by atoms with van der Waals surface area (Å²) in [5.74, 6) is -1.48. The number of likely N-dealkylation sites (N-methyl/N-ethyl adjacent to an activating group) is 1. The minimum Gasteiger partial charge on any atom is -0.478 e. The number of nitrogens with zero attached hydrogens (tertiary/aromatic N) is 2. The van der Waals surface area contributed by atoms with Crippen molar-refractivity contribution in [2.75, 3.05) is 20.1 Å². The molecule has 1 heterocycles. The Hall–Kier alpha value is -2.00. The number of likely N-dealkylation sites (tertiary alicyclic amines) is 1. The number of rotatable bonds is 4. The predicted octanol–water partition coefficient (Wildman–Crippen LogP) is 4.89. The number of hydrogen-bond acceptors (Lipinski definition) is 4. The number of alkyl halides is 3. The van der Waals surface area contributed by atoms with Gasteiger partial charge in [-0.05, 0) is 57.9 Å². The normalized spacial score (nSPS) is 18.2. The van der Waals surface area contributed by atoms with Gasteiger partial charge < -0.3 is 14.7 Å². The molecule has 0 saturated carbocycles. The van der Waals surface area contributed by atoms with Crippen LogP contribution in [0.1, 0.15) is 55.1 Å². The van der Waals surface area contributed by atoms with Gasteiger partial charge in [0.1, 0.15) is 5.60 Å². The molecule has 1 aromatic rings. The fourth-order valence-corrected chi connectivity index (χ4v) is 3.65. The van der Waals surface area contributed by atoms with Crippen molar-refractivity contribution in [3.8, 4) is 0 Å². The van der Waals surface area contributed by atoms with E-state index >= 15 is 0 Å². The summed E-state index contributed by atoms with van der Waals surface area (Å²) in [5.41, 5.74) is -2.40. The molecule has 0 radical (unpaired) electrons. The molecule has 1 N–H and O–H groups in total. The van der Waals surface area contributed by atoms with Gasteiger partial charge in [0.25, 0.3) is 0 Å². The number of carbonyl (C=O) groups is 2. The second-order valence-corrected chi connectivity index (χ2v) is 8.82. The van der Waals surface area contributed by atoms with Crippen LogP contribution in [0.25, 0.3) is 0 Å². The van der Waals surface area contributed by atoms with Crippen molar-refractivity contribution in [1.82, 2.24) is 9.80 Å². The van der Waals surface area contributed by atoms with E-state index < -0.39 is 35.0 Å². The summed E-state index contributed by atoms with van der Waals surface area (Å²) in [6.07, 6.45) is -3.85. The van der Waals surface area contributed by atoms with Gasteiger partial charge in [0.05, 0.1) is 11.1 Å². The van der Waals surface area contributed by atoms with E-state index in [4.69, 9.17) is 21.4 Å². The lowest BCUT2D eigenvalue weighted by molar-refractivity contribution is -0.138. The third kappa shape index (κ3) is 6.25. The summed E-state index contributed by atoms with van der Waals surface area (Å²) in [6.45, 7) is 6.05. The Morgan fingerprint density at radius 3 is 2.47 bits per heavy atom. The fraction of sp³-hybridized carbons (Fsp3) is 0.600. The summed E-state index contributed by atoms with van der Waals surface area (Å²) < 4.78 is 46.0. The van der Waals surface area contributed by atoms with Gasteiger partial charge in [-0.3, -0.25) is 4.90 Å². The second-order valence-electron chi connectivity index (χ2n) is 8.41. The molecule has 168 valence electrons. The molecule has 2 rings (SSSR count). The molecule has 0 aromatic heterocycles. The Morgan fingerprint density at radius 1 is 1.30 bits per heavy atom. The first-order valence-corrected chi connectivity index (χ1v) is 9.88. The van der Waals surface area contributed by atoms with Crippen molar-refractivity contribution in [2.45, 2.75) is 58.0 Å². The van der Waals surface area contributed by atoms with E-state index in [0.29, 0.717) is 32.0 Å². The van der Waals surface area contributed by atoms with Crippen LogP contribution < -0.4 is 0 Å². The Morgan fingerprint density at radius 2 is 1.93 bits per heavy atom. The van der Waals surface area contributed by atoms with Crippen LogP contribution in [0.2, 0.25) is 5.02 Å². The Bertz CT molecular complexity index is 808. The van der Waals surface area contributed by atoms with E-state index in [-0.39, 0.29) is 23.2 Å². The highest BCUT2D eigenvalue weighted by molar-refractivity contribution is 6.31. The molecule has 30 heavy (non-hydrogen) atoms. The van der Waals surface area contributed by atoms with Gasteiger partial charge in [0.15, 0.2) is 0 Å². The third-order valence-corrected chi connectivity index (χ3v) is 5.18. The molecule has 1 saturated heterocycles. The van der Waals surface area contributed by atoms with Crippen molar-refractivity contribution in [3.05, 3.63) is 33.8 Å². The van der Waals surface area contributed by atoms with Gasteiger partial charge >= 0.3 is 18.2 Å². The van der Waals surface area contributed by atoms with Crippen LogP contribution >= 0.6 is 11.6 Å². The molecule has 10 heteroatoms. The summed E-state index contributed by atoms with van der Waals surface area (Å²) in [5, 5.41) is 8.81. The van der Waals surface area contributed by atoms with Crippen molar-refractivity contribution in [1.29, 1.82) is 0 Å². The fourth-order valence-electron chi connectivity index (χ4n) is 3.37. The van der Waals surface area contributed by atoms with Crippen molar-refractivity contribution >= 4 is 23.7 Å². The van der Waals surface area contributed by atoms with E-state index in [1.165, 1.54) is 4.90 Å². The number of carbonyl (C=O) groups excluding carboxylic acids is 1. The number of hydrogen-bond donors (Lipinski definition) is 1. The average Bonchev–Trinajstić information content (AvgIpc) is 2.60. The Labute approximate surface area is 178 Å². The zero-order valence-corrected chi connectivity index (χ0v) is 18.1. The van der Waals surface area contributed by atoms with E-state index in [1.54, 1.807) is 32.7 Å². The van der Waals surface area contributed by atoms with Crippen molar-refractivity contribution in [2.24, 2.45) is 0 Å². The summed E-state index contributed by atoms with van der Waals surface area (Å²) in [4.78, 5) is 26.7. The second kappa shape index (κ2) is 9.01. The van der Waals surface area contributed by atoms with E-state index in [1.807, 2.05) is 0 Å². The number of aromatic carboxylic acids is 1. The zero-order valence-electron chi connectivity index (χ0n) is 17.3. The Kier molecular flexibility index (Phi) is 7.29. The van der Waals surface area contributed by atoms with Gasteiger partial charge in [-0.1, -0.05) is 11.6 Å². The van der Waals surface area contributed by atoms with Crippen molar-refractivity contribution < 1.29 is 32.6 Å². The molecule has 0 unspecified atom stereocenters. The molecule has 1 atom stereocenters. The average molecular weight is 451 g/mol. The third-order valence-electron chi connectivity index (χ3n) is 4.84. The first-order chi connectivity index (χ1) is 13.7. The van der Waals surface area contributed by atoms with Gasteiger partial charge in [-0.2, -0.15) is 13.2 Å². The Balaban J connectivity index is 2.22. The molecule has 0 spiro atoms. The lowest BCUT2D eigenvalue weighted by Gasteiger charge is -2.38. The number of carboxylic acids is 1. The standard InChI is InChI=1S/C20H26ClF3N2O4/c1-19(2,3)30-18(29)25(4)13-6-5-7-26(10-13)11-14-15(20(22,23)24)8-12(17(27)28)9-16(14)21/h8-9,13H,5-7,10-11H2,1-4H3,(H,27,28)/t13-/m0/s1. The lowest BCUT2D eigenvalue weighted by Crippen LogP contribution is -2.49. The van der Waals surface area contributed by atoms with E-state index in [2.05, 4.69) is 0 Å². The summed E-state index contributed by atoms with van der Waals surface area (Å²) in [6, 6.07) is 1.42. The zero-order chi connectivity index (χ0) is 22.9. The summed E-state index contributed by atoms with van der Waals surface area (Å²) >= 11 is 6.05. The van der Waals surface area contributed by atoms with Crippen LogP contribution in [0.4, 0.5) is 18.0 Å². The van der Waals surface area contributed by atoms with Crippen LogP contribution in [0, 0.1) is 0 Å². The molecule has 1 aromatic carbocycles. The SMILES string of the molecule is CN(C(=O)OC(C)(C)C)[C@H]1CCCN(Cc2c(Cl)cc(C(=O)O)cc2C(F)(F)F)C1. The highest BCUT2D eigenvalue weighted by Gasteiger charge is 2.37. The molecule has 0 aliphatic carbocycles. The topological polar surface area (TPSA) is 70.1 Å². The number of benzene rings is 1. The quantitative estimate of drug-likeness (QED) is 0.707. The van der Waals surface area contributed by atoms with Gasteiger partial charge in [0, 0.05) is 31.2 Å². The van der Waals surface area contributed by atoms with Crippen LogP contribution in [0.5, 0.6) is 0 Å². The van der Waals surface area contributed by atoms with Crippen LogP contribution in [-0.4, -0.2) is 58.7 Å². The van der Waals surface area contributed by atoms with Gasteiger partial charge in [-0.25, -0.2) is 9.59 Å². The van der Waals surface area contributed by atoms with E-state index in [9.17, 15) is 22.8 Å². The number of carboxylic acid groups (broad SMARTS) is 1. The number of ether oxygens (including phenoxy) is 1.